The average Bonchev–Trinajstić information content (AvgIpc) is 2.63. The topological polar surface area (TPSA) is 66.8 Å². The number of aromatic carboxylic acids is 1. The zero-order chi connectivity index (χ0) is 17.2. The van der Waals surface area contributed by atoms with Crippen LogP contribution in [-0.2, 0) is 6.61 Å². The molecule has 0 atom stereocenters. The lowest BCUT2D eigenvalue weighted by Crippen LogP contribution is -1.94. The van der Waals surface area contributed by atoms with Crippen molar-refractivity contribution < 1.29 is 19.7 Å². The molecular weight excluding hydrogens is 304 g/mol. The fraction of sp³-hybridized carbons (Fsp3) is 0.0500. The summed E-state index contributed by atoms with van der Waals surface area (Å²) in [6.45, 7) is 0.547. The Morgan fingerprint density at radius 2 is 1.33 bits per heavy atom. The molecule has 0 spiro atoms. The number of aromatic hydroxyl groups is 1. The van der Waals surface area contributed by atoms with Crippen LogP contribution in [0.4, 0.5) is 0 Å². The van der Waals surface area contributed by atoms with Crippen LogP contribution < -0.4 is 4.74 Å². The van der Waals surface area contributed by atoms with Gasteiger partial charge in [0.05, 0.1) is 5.56 Å². The lowest BCUT2D eigenvalue weighted by molar-refractivity contribution is 0.0697. The summed E-state index contributed by atoms with van der Waals surface area (Å²) in [4.78, 5) is 10.2. The molecule has 0 aliphatic rings. The first-order valence-corrected chi connectivity index (χ1v) is 7.39. The largest absolute Gasteiger partial charge is 0.508 e. The van der Waals surface area contributed by atoms with Crippen LogP contribution >= 0.6 is 0 Å². The molecule has 0 heterocycles. The van der Waals surface area contributed by atoms with Crippen molar-refractivity contribution in [3.05, 3.63) is 96.1 Å². The van der Waals surface area contributed by atoms with E-state index in [1.165, 1.54) is 0 Å². The molecule has 0 amide bonds. The van der Waals surface area contributed by atoms with Crippen molar-refractivity contribution in [2.24, 2.45) is 0 Å². The first-order valence-electron chi connectivity index (χ1n) is 7.39. The van der Waals surface area contributed by atoms with Gasteiger partial charge in [-0.3, -0.25) is 0 Å². The number of ether oxygens (including phenoxy) is 1. The summed E-state index contributed by atoms with van der Waals surface area (Å²) in [7, 11) is 0. The van der Waals surface area contributed by atoms with Gasteiger partial charge in [0.25, 0.3) is 0 Å². The minimum Gasteiger partial charge on any atom is -0.508 e. The summed E-state index contributed by atoms with van der Waals surface area (Å²) in [5.74, 6) is 0.134. The van der Waals surface area contributed by atoms with Crippen LogP contribution in [0.2, 0.25) is 0 Å². The van der Waals surface area contributed by atoms with E-state index in [9.17, 15) is 4.79 Å². The van der Waals surface area contributed by atoms with Gasteiger partial charge in [-0.1, -0.05) is 48.5 Å². The molecule has 0 aliphatic carbocycles. The average molecular weight is 322 g/mol. The van der Waals surface area contributed by atoms with Crippen LogP contribution in [0.3, 0.4) is 0 Å². The second-order valence-corrected chi connectivity index (χ2v) is 4.94. The van der Waals surface area contributed by atoms with Gasteiger partial charge in [-0.15, -0.1) is 0 Å². The first kappa shape index (κ1) is 17.1. The van der Waals surface area contributed by atoms with Crippen LogP contribution in [0.25, 0.3) is 0 Å². The minimum atomic E-state index is -0.879. The van der Waals surface area contributed by atoms with E-state index in [0.717, 1.165) is 11.3 Å². The Bertz CT molecular complexity index is 738. The second-order valence-electron chi connectivity index (χ2n) is 4.94. The third kappa shape index (κ3) is 5.85. The number of hydrogen-bond acceptors (Lipinski definition) is 3. The molecule has 4 heteroatoms. The van der Waals surface area contributed by atoms with Crippen LogP contribution in [0, 0.1) is 0 Å². The van der Waals surface area contributed by atoms with Crippen molar-refractivity contribution in [3.8, 4) is 11.5 Å². The van der Waals surface area contributed by atoms with Crippen LogP contribution in [0.1, 0.15) is 15.9 Å². The van der Waals surface area contributed by atoms with Crippen LogP contribution in [0.15, 0.2) is 84.9 Å². The fourth-order valence-electron chi connectivity index (χ4n) is 1.86. The van der Waals surface area contributed by atoms with Gasteiger partial charge in [-0.05, 0) is 42.0 Å². The summed E-state index contributed by atoms with van der Waals surface area (Å²) in [5.41, 5.74) is 1.46. The number of carboxylic acid groups (broad SMARTS) is 1. The van der Waals surface area contributed by atoms with Crippen molar-refractivity contribution >= 4 is 5.97 Å². The lowest BCUT2D eigenvalue weighted by Gasteiger charge is -2.05. The van der Waals surface area contributed by atoms with Crippen molar-refractivity contribution in [1.82, 2.24) is 0 Å². The molecule has 0 unspecified atom stereocenters. The predicted octanol–water partition coefficient (Wildman–Crippen LogP) is 4.36. The van der Waals surface area contributed by atoms with Gasteiger partial charge in [0.15, 0.2) is 0 Å². The third-order valence-corrected chi connectivity index (χ3v) is 3.11. The number of phenols is 1. The molecule has 24 heavy (non-hydrogen) atoms. The quantitative estimate of drug-likeness (QED) is 0.749. The summed E-state index contributed by atoms with van der Waals surface area (Å²) in [6.07, 6.45) is 0. The molecule has 3 aromatic rings. The Morgan fingerprint density at radius 1 is 0.792 bits per heavy atom. The van der Waals surface area contributed by atoms with Gasteiger partial charge in [-0.25, -0.2) is 4.79 Å². The Labute approximate surface area is 140 Å². The maximum Gasteiger partial charge on any atom is 0.335 e. The molecule has 0 saturated heterocycles. The van der Waals surface area contributed by atoms with Crippen molar-refractivity contribution in [2.75, 3.05) is 0 Å². The van der Waals surface area contributed by atoms with E-state index in [1.54, 1.807) is 54.6 Å². The van der Waals surface area contributed by atoms with Gasteiger partial charge in [0.2, 0.25) is 0 Å². The van der Waals surface area contributed by atoms with Crippen LogP contribution in [0.5, 0.6) is 11.5 Å². The number of carboxylic acids is 1. The molecule has 4 nitrogen and oxygen atoms in total. The van der Waals surface area contributed by atoms with E-state index < -0.39 is 5.97 Å². The molecule has 0 fully saturated rings. The van der Waals surface area contributed by atoms with Gasteiger partial charge in [0.1, 0.15) is 18.1 Å². The number of benzene rings is 3. The fourth-order valence-corrected chi connectivity index (χ4v) is 1.86. The second kappa shape index (κ2) is 9.00. The summed E-state index contributed by atoms with van der Waals surface area (Å²) in [5, 5.41) is 17.5. The zero-order valence-electron chi connectivity index (χ0n) is 13.0. The van der Waals surface area contributed by atoms with Crippen molar-refractivity contribution in [2.45, 2.75) is 6.61 Å². The molecule has 2 N–H and O–H groups in total. The highest BCUT2D eigenvalue weighted by Gasteiger charge is 1.97. The highest BCUT2D eigenvalue weighted by atomic mass is 16.5. The van der Waals surface area contributed by atoms with Gasteiger partial charge in [-0.2, -0.15) is 0 Å². The number of carbonyl (C=O) groups is 1. The van der Waals surface area contributed by atoms with E-state index in [-0.39, 0.29) is 5.75 Å². The Balaban J connectivity index is 0.000000198. The van der Waals surface area contributed by atoms with Crippen molar-refractivity contribution in [3.63, 3.8) is 0 Å². The Hall–Kier alpha value is -3.27. The molecule has 0 saturated carbocycles. The normalized spacial score (nSPS) is 9.50. The molecule has 0 aromatic heterocycles. The van der Waals surface area contributed by atoms with Crippen LogP contribution in [-0.4, -0.2) is 16.2 Å². The van der Waals surface area contributed by atoms with Gasteiger partial charge < -0.3 is 14.9 Å². The Kier molecular flexibility index (Phi) is 6.41. The zero-order valence-corrected chi connectivity index (χ0v) is 13.0. The number of phenolic OH excluding ortho intramolecular Hbond substituents is 1. The predicted molar refractivity (Wildman–Crippen MR) is 92.3 cm³/mol. The van der Waals surface area contributed by atoms with E-state index in [0.29, 0.717) is 12.2 Å². The molecule has 0 aliphatic heterocycles. The third-order valence-electron chi connectivity index (χ3n) is 3.11. The monoisotopic (exact) mass is 322 g/mol. The summed E-state index contributed by atoms with van der Waals surface area (Å²) >= 11 is 0. The molecule has 3 rings (SSSR count). The standard InChI is InChI=1S/C13H12O2.C7H6O2/c14-12-6-8-13(9-7-12)15-10-11-4-2-1-3-5-11;8-7(9)6-4-2-1-3-5-6/h1-9,14H,10H2;1-5H,(H,8,9). The van der Waals surface area contributed by atoms with E-state index in [2.05, 4.69) is 0 Å². The minimum absolute atomic E-state index is 0.252. The number of hydrogen-bond donors (Lipinski definition) is 2. The van der Waals surface area contributed by atoms with E-state index in [4.69, 9.17) is 14.9 Å². The first-order chi connectivity index (χ1) is 11.6. The van der Waals surface area contributed by atoms with Gasteiger partial charge >= 0.3 is 5.97 Å². The smallest absolute Gasteiger partial charge is 0.335 e. The highest BCUT2D eigenvalue weighted by molar-refractivity contribution is 5.87. The molecule has 3 aromatic carbocycles. The molecule has 0 radical (unpaired) electrons. The van der Waals surface area contributed by atoms with E-state index in [1.807, 2.05) is 30.3 Å². The maximum atomic E-state index is 10.2. The number of rotatable bonds is 4. The summed E-state index contributed by atoms with van der Waals surface area (Å²) < 4.78 is 5.54. The van der Waals surface area contributed by atoms with E-state index >= 15 is 0 Å². The SMILES string of the molecule is O=C(O)c1ccccc1.Oc1ccc(OCc2ccccc2)cc1. The molecule has 122 valence electrons. The lowest BCUT2D eigenvalue weighted by atomic mass is 10.2. The van der Waals surface area contributed by atoms with Gasteiger partial charge in [0, 0.05) is 0 Å². The highest BCUT2D eigenvalue weighted by Crippen LogP contribution is 2.17. The van der Waals surface area contributed by atoms with Crippen molar-refractivity contribution in [1.29, 1.82) is 0 Å². The molecular formula is C20H18O4. The molecule has 0 bridgehead atoms. The Morgan fingerprint density at radius 3 is 1.83 bits per heavy atom. The summed E-state index contributed by atoms with van der Waals surface area (Å²) in [6, 6.07) is 25.0. The maximum absolute atomic E-state index is 10.2.